The number of carbonyl (C=O) groups excluding carboxylic acids is 6. The first-order valence-corrected chi connectivity index (χ1v) is 20.7. The molecule has 2 aromatic heterocycles. The molecule has 64 heavy (non-hydrogen) atoms. The second-order valence-electron chi connectivity index (χ2n) is 15.6. The van der Waals surface area contributed by atoms with Crippen LogP contribution in [0.4, 0.5) is 15.8 Å². The lowest BCUT2D eigenvalue weighted by atomic mass is 10.0. The number of carbonyl (C=O) groups is 6. The van der Waals surface area contributed by atoms with E-state index in [4.69, 9.17) is 9.47 Å². The third kappa shape index (κ3) is 8.14. The number of nitrogens with one attached hydrogen (secondary N) is 3. The van der Waals surface area contributed by atoms with Gasteiger partial charge in [-0.25, -0.2) is 14.4 Å². The highest BCUT2D eigenvalue weighted by molar-refractivity contribution is 6.26. The van der Waals surface area contributed by atoms with Crippen molar-refractivity contribution in [1.29, 1.82) is 0 Å². The minimum atomic E-state index is -1.12. The minimum Gasteiger partial charge on any atom is -0.493 e. The summed E-state index contributed by atoms with van der Waals surface area (Å²) in [5, 5.41) is 8.45. The molecule has 1 fully saturated rings. The summed E-state index contributed by atoms with van der Waals surface area (Å²) in [5.74, 6) is -3.95. The number of fused-ring (bicyclic) bond motifs is 3. The van der Waals surface area contributed by atoms with Gasteiger partial charge < -0.3 is 24.7 Å². The SMILES string of the molecule is CCc1ccc2c(c1)c(=O)c(C(=O)Nc1ccc(Oc3ncnc4cc(OCCCCC(=O)Nc5cccc6c5C(=O)N(C5CCC(=O)NC5=O)C6=O)c(C)cc34)c(F)c1)c(C)n2C. The molecule has 1 atom stereocenters. The van der Waals surface area contributed by atoms with E-state index in [0.717, 1.165) is 23.0 Å². The van der Waals surface area contributed by atoms with E-state index in [2.05, 4.69) is 25.9 Å². The normalized spacial score (nSPS) is 14.8. The molecule has 3 N–H and O–H groups in total. The van der Waals surface area contributed by atoms with Gasteiger partial charge in [-0.3, -0.25) is 43.8 Å². The summed E-state index contributed by atoms with van der Waals surface area (Å²) in [5.41, 5.74) is 3.21. The minimum absolute atomic E-state index is 0.00450. The van der Waals surface area contributed by atoms with Gasteiger partial charge in [0.05, 0.1) is 39.8 Å². The van der Waals surface area contributed by atoms with Gasteiger partial charge in [0.25, 0.3) is 17.7 Å². The molecule has 4 heterocycles. The second-order valence-corrected chi connectivity index (χ2v) is 15.6. The molecule has 16 nitrogen and oxygen atoms in total. The first kappa shape index (κ1) is 42.9. The summed E-state index contributed by atoms with van der Waals surface area (Å²) in [7, 11) is 1.78. The molecule has 0 aliphatic carbocycles. The largest absolute Gasteiger partial charge is 0.493 e. The summed E-state index contributed by atoms with van der Waals surface area (Å²) >= 11 is 0. The zero-order valence-electron chi connectivity index (χ0n) is 35.3. The molecule has 326 valence electrons. The van der Waals surface area contributed by atoms with Crippen molar-refractivity contribution in [3.05, 3.63) is 123 Å². The van der Waals surface area contributed by atoms with Crippen LogP contribution in [0.1, 0.15) is 86.9 Å². The van der Waals surface area contributed by atoms with Crippen molar-refractivity contribution in [1.82, 2.24) is 24.8 Å². The molecule has 0 radical (unpaired) electrons. The van der Waals surface area contributed by atoms with Crippen molar-refractivity contribution in [2.75, 3.05) is 17.2 Å². The Bertz CT molecular complexity index is 3040. The lowest BCUT2D eigenvalue weighted by Crippen LogP contribution is -2.54. The standard InChI is InChI=1S/C47H42FN7O9/c1-5-26-12-14-34-30(20-26)42(58)40(25(3)54(34)4)44(60)51-27-13-16-36(31(48)21-27)64-45-29-19-24(2)37(22-33(29)49-23-50-45)63-18-7-6-11-38(56)52-32-10-8-9-28-41(32)47(62)55(46(28)61)35-15-17-39(57)53-43(35)59/h8-10,12-14,16,19-23,35H,5-7,11,15,17-18H2,1-4H3,(H,51,60)(H,52,56)(H,53,57,59). The molecule has 8 rings (SSSR count). The fourth-order valence-electron chi connectivity index (χ4n) is 7.96. The predicted molar refractivity (Wildman–Crippen MR) is 233 cm³/mol. The summed E-state index contributed by atoms with van der Waals surface area (Å²) < 4.78 is 29.2. The van der Waals surface area contributed by atoms with Crippen LogP contribution in [0.5, 0.6) is 17.4 Å². The Labute approximate surface area is 364 Å². The number of ether oxygens (including phenoxy) is 2. The van der Waals surface area contributed by atoms with E-state index in [1.54, 1.807) is 36.7 Å². The highest BCUT2D eigenvalue weighted by atomic mass is 19.1. The van der Waals surface area contributed by atoms with E-state index in [-0.39, 0.29) is 71.5 Å². The van der Waals surface area contributed by atoms with Gasteiger partial charge in [-0.15, -0.1) is 0 Å². The number of amides is 6. The van der Waals surface area contributed by atoms with Crippen LogP contribution in [0.15, 0.2) is 77.9 Å². The van der Waals surface area contributed by atoms with Crippen molar-refractivity contribution < 1.29 is 42.6 Å². The van der Waals surface area contributed by atoms with E-state index in [9.17, 15) is 33.6 Å². The van der Waals surface area contributed by atoms with Crippen LogP contribution in [0.25, 0.3) is 21.8 Å². The number of aromatic nitrogens is 3. The van der Waals surface area contributed by atoms with Crippen molar-refractivity contribution in [3.63, 3.8) is 0 Å². The van der Waals surface area contributed by atoms with Gasteiger partial charge in [0.15, 0.2) is 11.6 Å². The van der Waals surface area contributed by atoms with E-state index < -0.39 is 46.8 Å². The number of anilines is 2. The van der Waals surface area contributed by atoms with Gasteiger partial charge in [0, 0.05) is 48.8 Å². The Hall–Kier alpha value is -7.82. The van der Waals surface area contributed by atoms with Crippen LogP contribution in [-0.2, 0) is 27.9 Å². The Morgan fingerprint density at radius 2 is 1.72 bits per heavy atom. The first-order chi connectivity index (χ1) is 30.7. The Kier molecular flexibility index (Phi) is 11.7. The van der Waals surface area contributed by atoms with Crippen LogP contribution in [0.2, 0.25) is 0 Å². The van der Waals surface area contributed by atoms with Crippen LogP contribution in [-0.4, -0.2) is 67.5 Å². The third-order valence-electron chi connectivity index (χ3n) is 11.5. The molecule has 6 aromatic rings. The third-order valence-corrected chi connectivity index (χ3v) is 11.5. The maximum Gasteiger partial charge on any atom is 0.264 e. The number of hydrogen-bond donors (Lipinski definition) is 3. The van der Waals surface area contributed by atoms with E-state index in [0.29, 0.717) is 51.7 Å². The first-order valence-electron chi connectivity index (χ1n) is 20.7. The summed E-state index contributed by atoms with van der Waals surface area (Å²) in [6, 6.07) is 16.4. The fraction of sp³-hybridized carbons (Fsp3) is 0.255. The number of piperidine rings is 1. The zero-order chi connectivity index (χ0) is 45.4. The molecule has 4 aromatic carbocycles. The number of pyridine rings is 1. The molecule has 17 heteroatoms. The van der Waals surface area contributed by atoms with Gasteiger partial charge in [-0.2, -0.15) is 0 Å². The number of unbranched alkanes of at least 4 members (excludes halogenated alkanes) is 1. The highest BCUT2D eigenvalue weighted by Crippen LogP contribution is 2.35. The van der Waals surface area contributed by atoms with Gasteiger partial charge in [-0.1, -0.05) is 19.1 Å². The number of nitrogens with zero attached hydrogens (tertiary/aromatic N) is 4. The summed E-state index contributed by atoms with van der Waals surface area (Å²) in [4.78, 5) is 99.8. The predicted octanol–water partition coefficient (Wildman–Crippen LogP) is 6.43. The number of imide groups is 2. The number of aryl methyl sites for hydroxylation is 3. The maximum absolute atomic E-state index is 15.5. The number of benzene rings is 4. The second kappa shape index (κ2) is 17.5. The smallest absolute Gasteiger partial charge is 0.264 e. The van der Waals surface area contributed by atoms with Crippen LogP contribution < -0.4 is 30.9 Å². The molecule has 1 unspecified atom stereocenters. The van der Waals surface area contributed by atoms with Crippen molar-refractivity contribution in [2.24, 2.45) is 7.05 Å². The van der Waals surface area contributed by atoms with Gasteiger partial charge in [-0.05, 0) is 93.1 Å². The monoisotopic (exact) mass is 867 g/mol. The average molecular weight is 868 g/mol. The van der Waals surface area contributed by atoms with Crippen LogP contribution in [0.3, 0.4) is 0 Å². The molecule has 0 saturated carbocycles. The van der Waals surface area contributed by atoms with Gasteiger partial charge in [0.1, 0.15) is 23.7 Å². The highest BCUT2D eigenvalue weighted by Gasteiger charge is 2.45. The van der Waals surface area contributed by atoms with Crippen molar-refractivity contribution in [3.8, 4) is 17.4 Å². The van der Waals surface area contributed by atoms with Crippen LogP contribution in [0, 0.1) is 19.7 Å². The summed E-state index contributed by atoms with van der Waals surface area (Å²) in [6.45, 7) is 5.74. The Balaban J connectivity index is 0.865. The molecule has 2 aliphatic rings. The molecule has 6 amide bonds. The van der Waals surface area contributed by atoms with Crippen molar-refractivity contribution >= 4 is 68.6 Å². The lowest BCUT2D eigenvalue weighted by Gasteiger charge is -2.27. The zero-order valence-corrected chi connectivity index (χ0v) is 35.3. The van der Waals surface area contributed by atoms with E-state index in [1.165, 1.54) is 36.7 Å². The topological polar surface area (TPSA) is 208 Å². The molecule has 0 bridgehead atoms. The maximum atomic E-state index is 15.5. The Morgan fingerprint density at radius 1 is 0.906 bits per heavy atom. The van der Waals surface area contributed by atoms with Crippen molar-refractivity contribution in [2.45, 2.75) is 65.3 Å². The molecule has 1 saturated heterocycles. The molecule has 0 spiro atoms. The number of halogens is 1. The quantitative estimate of drug-likeness (QED) is 0.0851. The van der Waals surface area contributed by atoms with E-state index in [1.807, 2.05) is 26.0 Å². The molecule has 2 aliphatic heterocycles. The Morgan fingerprint density at radius 3 is 2.48 bits per heavy atom. The van der Waals surface area contributed by atoms with E-state index >= 15 is 4.39 Å². The number of rotatable bonds is 13. The summed E-state index contributed by atoms with van der Waals surface area (Å²) in [6.07, 6.45) is 3.02. The molecular weight excluding hydrogens is 826 g/mol. The number of hydrogen-bond acceptors (Lipinski definition) is 11. The lowest BCUT2D eigenvalue weighted by molar-refractivity contribution is -0.136. The van der Waals surface area contributed by atoms with Gasteiger partial charge >= 0.3 is 0 Å². The van der Waals surface area contributed by atoms with Gasteiger partial charge in [0.2, 0.25) is 29.0 Å². The molecular formula is C47H42FN7O9. The average Bonchev–Trinajstić information content (AvgIpc) is 3.52. The fourth-order valence-corrected chi connectivity index (χ4v) is 7.96. The van der Waals surface area contributed by atoms with Crippen LogP contribution >= 0.6 is 0 Å².